The molecule has 2 amide bonds. The van der Waals surface area contributed by atoms with Crippen molar-refractivity contribution in [1.82, 2.24) is 29.7 Å². The van der Waals surface area contributed by atoms with Gasteiger partial charge in [0.2, 0.25) is 5.82 Å². The van der Waals surface area contributed by atoms with E-state index in [0.717, 1.165) is 25.7 Å². The number of rotatable bonds is 6. The second kappa shape index (κ2) is 11.7. The van der Waals surface area contributed by atoms with Gasteiger partial charge in [0.25, 0.3) is 5.91 Å². The van der Waals surface area contributed by atoms with E-state index in [-0.39, 0.29) is 23.4 Å². The third kappa shape index (κ3) is 5.78. The highest BCUT2D eigenvalue weighted by Gasteiger charge is 2.47. The third-order valence-electron chi connectivity index (χ3n) is 7.70. The van der Waals surface area contributed by atoms with Crippen LogP contribution in [0.25, 0.3) is 11.2 Å². The molecule has 0 bridgehead atoms. The summed E-state index contributed by atoms with van der Waals surface area (Å²) in [5, 5.41) is 23.5. The van der Waals surface area contributed by atoms with Crippen molar-refractivity contribution in [2.45, 2.75) is 70.0 Å². The van der Waals surface area contributed by atoms with Crippen molar-refractivity contribution < 1.29 is 29.3 Å². The van der Waals surface area contributed by atoms with Crippen molar-refractivity contribution in [3.8, 4) is 11.8 Å². The number of hydrogen-bond acceptors (Lipinski definition) is 10. The fourth-order valence-electron chi connectivity index (χ4n) is 5.10. The first kappa shape index (κ1) is 27.1. The molecule has 0 radical (unpaired) electrons. The van der Waals surface area contributed by atoms with E-state index in [1.807, 2.05) is 0 Å². The summed E-state index contributed by atoms with van der Waals surface area (Å²) < 4.78 is 12.6. The average Bonchev–Trinajstić information content (AvgIpc) is 3.44. The molecule has 4 heterocycles. The lowest BCUT2D eigenvalue weighted by Gasteiger charge is -2.32. The number of anilines is 1. The molecule has 3 aliphatic rings. The first-order chi connectivity index (χ1) is 18.9. The molecule has 2 saturated heterocycles. The molecule has 13 nitrogen and oxygen atoms in total. The first-order valence-corrected chi connectivity index (χ1v) is 13.6. The van der Waals surface area contributed by atoms with Crippen LogP contribution in [0.1, 0.15) is 57.5 Å². The summed E-state index contributed by atoms with van der Waals surface area (Å²) in [5.74, 6) is 6.74. The number of nitrogens with one attached hydrogen (secondary N) is 1. The standard InChI is InChI=1S/C26H35N7O6/c1-2-28-24(36)21-19(34)20(35)25(39-21)33-14-29-18-22(27)30-17(31-23(18)33)8-4-5-15-9-11-32(12-10-15)26(37)38-13-16-6-3-7-16/h14-16,19-21,25,34-35H,2-3,5-7,9-13H2,1H3,(H,28,36)(H2,27,30,31)/t19?,20?,21-,25+/m0/s1. The Bertz CT molecular complexity index is 1260. The lowest BCUT2D eigenvalue weighted by atomic mass is 9.86. The summed E-state index contributed by atoms with van der Waals surface area (Å²) in [5.41, 5.74) is 6.67. The zero-order valence-corrected chi connectivity index (χ0v) is 22.0. The van der Waals surface area contributed by atoms with Crippen LogP contribution in [0.5, 0.6) is 0 Å². The Labute approximate surface area is 226 Å². The molecule has 39 heavy (non-hydrogen) atoms. The van der Waals surface area contributed by atoms with E-state index in [2.05, 4.69) is 32.1 Å². The smallest absolute Gasteiger partial charge is 0.409 e. The molecule has 210 valence electrons. The molecule has 1 aliphatic carbocycles. The quantitative estimate of drug-likeness (QED) is 0.378. The van der Waals surface area contributed by atoms with Crippen LogP contribution >= 0.6 is 0 Å². The van der Waals surface area contributed by atoms with E-state index in [9.17, 15) is 19.8 Å². The second-order valence-corrected chi connectivity index (χ2v) is 10.4. The van der Waals surface area contributed by atoms with Crippen LogP contribution < -0.4 is 11.1 Å². The summed E-state index contributed by atoms with van der Waals surface area (Å²) in [7, 11) is 0. The van der Waals surface area contributed by atoms with Crippen LogP contribution in [0, 0.1) is 23.7 Å². The van der Waals surface area contributed by atoms with Gasteiger partial charge in [-0.15, -0.1) is 0 Å². The van der Waals surface area contributed by atoms with Crippen LogP contribution in [-0.4, -0.2) is 91.2 Å². The fraction of sp³-hybridized carbons (Fsp3) is 0.654. The SMILES string of the molecule is CCNC(=O)[C@H]1O[C@@H](n2cnc3c(N)nc(C#CCC4CCN(C(=O)OCC5CCC5)CC4)nc32)C(O)C1O. The normalized spacial score (nSPS) is 25.7. The van der Waals surface area contributed by atoms with Gasteiger partial charge in [0.15, 0.2) is 23.8 Å². The molecule has 1 saturated carbocycles. The van der Waals surface area contributed by atoms with Gasteiger partial charge in [-0.25, -0.2) is 19.7 Å². The number of imidazole rings is 1. The predicted octanol–water partition coefficient (Wildman–Crippen LogP) is 0.554. The van der Waals surface area contributed by atoms with Crippen molar-refractivity contribution in [1.29, 1.82) is 0 Å². The Morgan fingerprint density at radius 2 is 1.95 bits per heavy atom. The van der Waals surface area contributed by atoms with Gasteiger partial charge in [-0.2, -0.15) is 0 Å². The zero-order valence-electron chi connectivity index (χ0n) is 22.0. The van der Waals surface area contributed by atoms with Crippen LogP contribution in [0.3, 0.4) is 0 Å². The minimum atomic E-state index is -1.42. The fourth-order valence-corrected chi connectivity index (χ4v) is 5.10. The van der Waals surface area contributed by atoms with Crippen molar-refractivity contribution >= 4 is 29.0 Å². The van der Waals surface area contributed by atoms with E-state index in [4.69, 9.17) is 15.2 Å². The van der Waals surface area contributed by atoms with Crippen LogP contribution in [-0.2, 0) is 14.3 Å². The van der Waals surface area contributed by atoms with Crippen molar-refractivity contribution in [2.75, 3.05) is 32.0 Å². The summed E-state index contributed by atoms with van der Waals surface area (Å²) in [4.78, 5) is 39.2. The Kier molecular flexibility index (Phi) is 8.15. The van der Waals surface area contributed by atoms with Crippen molar-refractivity contribution in [3.05, 3.63) is 12.2 Å². The molecule has 4 atom stereocenters. The average molecular weight is 542 g/mol. The van der Waals surface area contributed by atoms with Crippen molar-refractivity contribution in [2.24, 2.45) is 11.8 Å². The van der Waals surface area contributed by atoms with Gasteiger partial charge in [0.05, 0.1) is 12.9 Å². The summed E-state index contributed by atoms with van der Waals surface area (Å²) in [6, 6.07) is 0. The minimum Gasteiger partial charge on any atom is -0.449 e. The van der Waals surface area contributed by atoms with Crippen LogP contribution in [0.4, 0.5) is 10.6 Å². The molecule has 5 rings (SSSR count). The Balaban J connectivity index is 1.21. The first-order valence-electron chi connectivity index (χ1n) is 13.6. The van der Waals surface area contributed by atoms with E-state index < -0.39 is 30.4 Å². The molecule has 0 spiro atoms. The summed E-state index contributed by atoms with van der Waals surface area (Å²) >= 11 is 0. The highest BCUT2D eigenvalue weighted by molar-refractivity contribution is 5.83. The lowest BCUT2D eigenvalue weighted by Crippen LogP contribution is -2.42. The van der Waals surface area contributed by atoms with Crippen LogP contribution in [0.15, 0.2) is 6.33 Å². The minimum absolute atomic E-state index is 0.116. The summed E-state index contributed by atoms with van der Waals surface area (Å²) in [6.45, 7) is 3.93. The highest BCUT2D eigenvalue weighted by atomic mass is 16.6. The van der Waals surface area contributed by atoms with E-state index in [0.29, 0.717) is 50.0 Å². The van der Waals surface area contributed by atoms with Crippen LogP contribution in [0.2, 0.25) is 0 Å². The number of amides is 2. The number of aliphatic hydroxyl groups excluding tert-OH is 2. The molecular weight excluding hydrogens is 506 g/mol. The van der Waals surface area contributed by atoms with E-state index in [1.54, 1.807) is 11.8 Å². The molecule has 2 unspecified atom stereocenters. The number of aromatic nitrogens is 4. The van der Waals surface area contributed by atoms with Gasteiger partial charge >= 0.3 is 6.09 Å². The molecule has 13 heteroatoms. The van der Waals surface area contributed by atoms with Gasteiger partial charge < -0.3 is 35.6 Å². The van der Waals surface area contributed by atoms with Crippen molar-refractivity contribution in [3.63, 3.8) is 0 Å². The second-order valence-electron chi connectivity index (χ2n) is 10.4. The Hall–Kier alpha value is -3.47. The third-order valence-corrected chi connectivity index (χ3v) is 7.70. The number of carbonyl (C=O) groups is 2. The molecule has 5 N–H and O–H groups in total. The van der Waals surface area contributed by atoms with E-state index >= 15 is 0 Å². The Morgan fingerprint density at radius 3 is 2.64 bits per heavy atom. The number of likely N-dealkylation sites (N-methyl/N-ethyl adjacent to an activating group) is 1. The number of fused-ring (bicyclic) bond motifs is 1. The number of hydrogen-bond donors (Lipinski definition) is 4. The Morgan fingerprint density at radius 1 is 1.18 bits per heavy atom. The number of ether oxygens (including phenoxy) is 2. The highest BCUT2D eigenvalue weighted by Crippen LogP contribution is 2.32. The van der Waals surface area contributed by atoms with Gasteiger partial charge in [-0.1, -0.05) is 12.3 Å². The molecule has 3 fully saturated rings. The molecule has 0 aromatic carbocycles. The van der Waals surface area contributed by atoms with Gasteiger partial charge in [-0.3, -0.25) is 9.36 Å². The number of piperidine rings is 1. The van der Waals surface area contributed by atoms with Gasteiger partial charge in [-0.05, 0) is 50.4 Å². The molecule has 2 aromatic rings. The molecular formula is C26H35N7O6. The van der Waals surface area contributed by atoms with E-state index in [1.165, 1.54) is 17.3 Å². The number of aliphatic hydroxyl groups is 2. The maximum Gasteiger partial charge on any atom is 0.409 e. The number of carbonyl (C=O) groups excluding carboxylic acids is 2. The number of nitrogens with zero attached hydrogens (tertiary/aromatic N) is 5. The monoisotopic (exact) mass is 541 g/mol. The van der Waals surface area contributed by atoms with Gasteiger partial charge in [0.1, 0.15) is 17.7 Å². The maximum atomic E-state index is 12.3. The summed E-state index contributed by atoms with van der Waals surface area (Å²) in [6.07, 6.45) is 1.84. The van der Waals surface area contributed by atoms with Gasteiger partial charge in [0, 0.05) is 26.1 Å². The largest absolute Gasteiger partial charge is 0.449 e. The topological polar surface area (TPSA) is 178 Å². The maximum absolute atomic E-state index is 12.3. The molecule has 2 aromatic heterocycles. The zero-order chi connectivity index (χ0) is 27.5. The number of nitrogens with two attached hydrogens (primary N) is 1. The predicted molar refractivity (Wildman–Crippen MR) is 139 cm³/mol. The lowest BCUT2D eigenvalue weighted by molar-refractivity contribution is -0.137. The number of likely N-dealkylation sites (tertiary alicyclic amines) is 1. The molecule has 2 aliphatic heterocycles. The number of nitrogen functional groups attached to an aromatic ring is 1.